The normalized spacial score (nSPS) is 15.8. The van der Waals surface area contributed by atoms with Gasteiger partial charge < -0.3 is 14.7 Å². The van der Waals surface area contributed by atoms with Crippen molar-refractivity contribution in [3.8, 4) is 33.6 Å². The molecule has 1 radical (unpaired) electrons. The number of carbonyl (C=O) groups is 1. The molecule has 1 amide bonds. The Hall–Kier alpha value is -4.39. The fraction of sp³-hybridized carbons (Fsp3) is 0.258. The highest BCUT2D eigenvalue weighted by Gasteiger charge is 2.34. The molecule has 3 heterocycles. The zero-order valence-corrected chi connectivity index (χ0v) is 21.8. The summed E-state index contributed by atoms with van der Waals surface area (Å²) in [4.78, 5) is 29.6. The summed E-state index contributed by atoms with van der Waals surface area (Å²) in [6.07, 6.45) is 7.89. The number of nitrogens with zero attached hydrogens (tertiary/aromatic N) is 3. The Kier molecular flexibility index (Phi) is 5.98. The van der Waals surface area contributed by atoms with Gasteiger partial charge in [0, 0.05) is 12.1 Å². The van der Waals surface area contributed by atoms with Crippen molar-refractivity contribution in [3.05, 3.63) is 85.2 Å². The Morgan fingerprint density at radius 3 is 2.32 bits per heavy atom. The van der Waals surface area contributed by atoms with E-state index in [0.29, 0.717) is 6.54 Å². The van der Waals surface area contributed by atoms with Gasteiger partial charge in [-0.25, -0.2) is 14.8 Å². The molecule has 0 aliphatic carbocycles. The third-order valence-corrected chi connectivity index (χ3v) is 6.92. The largest absolute Gasteiger partial charge is 0.444 e. The molecule has 38 heavy (non-hydrogen) atoms. The standard InChI is InChI=1S/C31H30N5O2/c1-31(2,3)38-30(37)36-14-4-5-28(36)29-33-18-27(35-29)25-13-12-23-15-22(10-11-24(23)16-25)20-6-8-21(9-7-20)26-17-32-19-34-26/h6-13,15-18,28H,4-5,14H2,1-3H3,(H,32,34)(H,33,35). The number of ether oxygens (including phenoxy) is 1. The summed E-state index contributed by atoms with van der Waals surface area (Å²) in [5, 5.41) is 2.33. The quantitative estimate of drug-likeness (QED) is 0.272. The highest BCUT2D eigenvalue weighted by Crippen LogP contribution is 2.34. The molecule has 0 saturated carbocycles. The van der Waals surface area contributed by atoms with Crippen LogP contribution < -0.4 is 0 Å². The van der Waals surface area contributed by atoms with E-state index in [4.69, 9.17) is 4.74 Å². The smallest absolute Gasteiger partial charge is 0.410 e. The van der Waals surface area contributed by atoms with E-state index in [2.05, 4.69) is 86.9 Å². The van der Waals surface area contributed by atoms with Crippen LogP contribution in [-0.2, 0) is 4.74 Å². The summed E-state index contributed by atoms with van der Waals surface area (Å²) in [5.41, 5.74) is 5.84. The van der Waals surface area contributed by atoms with E-state index in [1.54, 1.807) is 11.1 Å². The zero-order valence-electron chi connectivity index (χ0n) is 21.8. The summed E-state index contributed by atoms with van der Waals surface area (Å²) in [6, 6.07) is 21.3. The number of aromatic amines is 2. The Labute approximate surface area is 221 Å². The minimum Gasteiger partial charge on any atom is -0.444 e. The molecule has 0 spiro atoms. The van der Waals surface area contributed by atoms with Crippen LogP contribution in [0.25, 0.3) is 44.4 Å². The van der Waals surface area contributed by atoms with Crippen LogP contribution in [0.4, 0.5) is 4.79 Å². The second-order valence-electron chi connectivity index (χ2n) is 10.8. The van der Waals surface area contributed by atoms with Crippen molar-refractivity contribution in [1.82, 2.24) is 24.8 Å². The van der Waals surface area contributed by atoms with Crippen LogP contribution in [0.1, 0.15) is 45.5 Å². The molecule has 1 fully saturated rings. The first-order valence-corrected chi connectivity index (χ1v) is 12.9. The molecule has 191 valence electrons. The van der Waals surface area contributed by atoms with Crippen molar-refractivity contribution in [2.24, 2.45) is 0 Å². The van der Waals surface area contributed by atoms with Crippen molar-refractivity contribution in [2.75, 3.05) is 6.54 Å². The Balaban J connectivity index is 1.22. The van der Waals surface area contributed by atoms with Gasteiger partial charge in [-0.2, -0.15) is 0 Å². The van der Waals surface area contributed by atoms with Crippen molar-refractivity contribution in [3.63, 3.8) is 0 Å². The molecule has 2 aromatic heterocycles. The van der Waals surface area contributed by atoms with Gasteiger partial charge in [-0.3, -0.25) is 4.90 Å². The van der Waals surface area contributed by atoms with Crippen LogP contribution in [-0.4, -0.2) is 43.1 Å². The highest BCUT2D eigenvalue weighted by atomic mass is 16.6. The van der Waals surface area contributed by atoms with E-state index in [0.717, 1.165) is 52.1 Å². The molecule has 1 saturated heterocycles. The van der Waals surface area contributed by atoms with E-state index in [-0.39, 0.29) is 12.1 Å². The van der Waals surface area contributed by atoms with Gasteiger partial charge in [0.25, 0.3) is 0 Å². The summed E-state index contributed by atoms with van der Waals surface area (Å²) in [5.74, 6) is 0.801. The van der Waals surface area contributed by atoms with Gasteiger partial charge in [-0.05, 0) is 73.2 Å². The lowest BCUT2D eigenvalue weighted by molar-refractivity contribution is 0.0218. The molecule has 1 unspecified atom stereocenters. The maximum absolute atomic E-state index is 12.7. The number of imidazole rings is 2. The Morgan fingerprint density at radius 2 is 1.61 bits per heavy atom. The van der Waals surface area contributed by atoms with Gasteiger partial charge in [-0.15, -0.1) is 0 Å². The minimum absolute atomic E-state index is 0.0978. The van der Waals surface area contributed by atoms with E-state index in [1.165, 1.54) is 10.9 Å². The fourth-order valence-electron chi connectivity index (χ4n) is 5.05. The van der Waals surface area contributed by atoms with E-state index in [9.17, 15) is 4.79 Å². The molecule has 2 N–H and O–H groups in total. The number of hydrogen-bond donors (Lipinski definition) is 2. The van der Waals surface area contributed by atoms with Gasteiger partial charge in [-0.1, -0.05) is 48.5 Å². The minimum atomic E-state index is -0.522. The lowest BCUT2D eigenvalue weighted by Crippen LogP contribution is -2.36. The number of rotatable bonds is 4. The van der Waals surface area contributed by atoms with Crippen LogP contribution in [0, 0.1) is 6.33 Å². The molecule has 7 nitrogen and oxygen atoms in total. The SMILES string of the molecule is CC(C)(C)OC(=O)N1CCCC1c1ncc(-c2ccc3cc(-c4ccc(-c5cn[c][nH]5)cc4)ccc3c2)[nH]1. The predicted molar refractivity (Wildman–Crippen MR) is 148 cm³/mol. The van der Waals surface area contributed by atoms with E-state index < -0.39 is 5.60 Å². The van der Waals surface area contributed by atoms with Gasteiger partial charge in [0.05, 0.1) is 29.8 Å². The average molecular weight is 505 g/mol. The van der Waals surface area contributed by atoms with Gasteiger partial charge in [0.15, 0.2) is 6.33 Å². The summed E-state index contributed by atoms with van der Waals surface area (Å²) in [7, 11) is 0. The lowest BCUT2D eigenvalue weighted by Gasteiger charge is -2.27. The van der Waals surface area contributed by atoms with Crippen LogP contribution in [0.5, 0.6) is 0 Å². The van der Waals surface area contributed by atoms with Crippen molar-refractivity contribution >= 4 is 16.9 Å². The number of H-pyrrole nitrogens is 2. The molecular formula is C31H30N5O2. The number of nitrogens with one attached hydrogen (secondary N) is 2. The van der Waals surface area contributed by atoms with E-state index in [1.807, 2.05) is 27.0 Å². The van der Waals surface area contributed by atoms with Crippen LogP contribution in [0.3, 0.4) is 0 Å². The topological polar surface area (TPSA) is 86.9 Å². The van der Waals surface area contributed by atoms with Crippen molar-refractivity contribution < 1.29 is 9.53 Å². The van der Waals surface area contributed by atoms with Crippen molar-refractivity contribution in [2.45, 2.75) is 45.3 Å². The number of aromatic nitrogens is 4. The Bertz CT molecular complexity index is 1580. The second kappa shape index (κ2) is 9.49. The first kappa shape index (κ1) is 24.0. The molecule has 0 bridgehead atoms. The monoisotopic (exact) mass is 504 g/mol. The first-order valence-electron chi connectivity index (χ1n) is 12.9. The van der Waals surface area contributed by atoms with Crippen molar-refractivity contribution in [1.29, 1.82) is 0 Å². The third-order valence-electron chi connectivity index (χ3n) is 6.92. The number of fused-ring (bicyclic) bond motifs is 1. The fourth-order valence-corrected chi connectivity index (χ4v) is 5.05. The molecule has 3 aromatic carbocycles. The summed E-state index contributed by atoms with van der Waals surface area (Å²) < 4.78 is 5.62. The summed E-state index contributed by atoms with van der Waals surface area (Å²) >= 11 is 0. The first-order chi connectivity index (χ1) is 18.3. The average Bonchev–Trinajstić information content (AvgIpc) is 3.68. The molecule has 1 atom stereocenters. The number of hydrogen-bond acceptors (Lipinski definition) is 4. The van der Waals surface area contributed by atoms with Crippen LogP contribution in [0.2, 0.25) is 0 Å². The molecule has 1 aliphatic rings. The molecule has 7 heteroatoms. The predicted octanol–water partition coefficient (Wildman–Crippen LogP) is 7.16. The number of likely N-dealkylation sites (tertiary alicyclic amines) is 1. The Morgan fingerprint density at radius 1 is 0.921 bits per heavy atom. The molecule has 6 rings (SSSR count). The molecular weight excluding hydrogens is 474 g/mol. The zero-order chi connectivity index (χ0) is 26.3. The number of benzene rings is 3. The maximum atomic E-state index is 12.7. The highest BCUT2D eigenvalue weighted by molar-refractivity contribution is 5.90. The lowest BCUT2D eigenvalue weighted by atomic mass is 9.98. The van der Waals surface area contributed by atoms with Gasteiger partial charge in [0.1, 0.15) is 11.4 Å². The number of carbonyl (C=O) groups excluding carboxylic acids is 1. The van der Waals surface area contributed by atoms with Crippen LogP contribution in [0.15, 0.2) is 73.1 Å². The summed E-state index contributed by atoms with van der Waals surface area (Å²) in [6.45, 7) is 6.35. The number of amides is 1. The molecule has 1 aliphatic heterocycles. The van der Waals surface area contributed by atoms with Crippen LogP contribution >= 0.6 is 0 Å². The molecule has 5 aromatic rings. The van der Waals surface area contributed by atoms with Gasteiger partial charge in [0.2, 0.25) is 0 Å². The van der Waals surface area contributed by atoms with E-state index >= 15 is 0 Å². The van der Waals surface area contributed by atoms with Gasteiger partial charge >= 0.3 is 6.09 Å². The third kappa shape index (κ3) is 4.79. The maximum Gasteiger partial charge on any atom is 0.410 e. The second-order valence-corrected chi connectivity index (χ2v) is 10.8.